The zero-order valence-electron chi connectivity index (χ0n) is 10.6. The molecule has 0 atom stereocenters. The summed E-state index contributed by atoms with van der Waals surface area (Å²) in [7, 11) is 0. The van der Waals surface area contributed by atoms with Gasteiger partial charge in [-0.2, -0.15) is 0 Å². The van der Waals surface area contributed by atoms with E-state index in [-0.39, 0.29) is 0 Å². The fraction of sp³-hybridized carbons (Fsp3) is 0.385. The van der Waals surface area contributed by atoms with Crippen LogP contribution in [0.1, 0.15) is 28.9 Å². The maximum absolute atomic E-state index is 11.3. The second-order valence-corrected chi connectivity index (χ2v) is 5.67. The lowest BCUT2D eigenvalue weighted by Crippen LogP contribution is -2.37. The highest BCUT2D eigenvalue weighted by atomic mass is 32.1. The van der Waals surface area contributed by atoms with Crippen molar-refractivity contribution in [2.24, 2.45) is 5.73 Å². The molecule has 0 spiro atoms. The van der Waals surface area contributed by atoms with Crippen molar-refractivity contribution < 1.29 is 4.79 Å². The number of fused-ring (bicyclic) bond motifs is 1. The first-order valence-electron chi connectivity index (χ1n) is 6.45. The van der Waals surface area contributed by atoms with Gasteiger partial charge in [0.2, 0.25) is 0 Å². The molecule has 0 bridgehead atoms. The van der Waals surface area contributed by atoms with Crippen molar-refractivity contribution >= 4 is 33.1 Å². The van der Waals surface area contributed by atoms with E-state index >= 15 is 0 Å². The van der Waals surface area contributed by atoms with Crippen LogP contribution in [-0.2, 0) is 0 Å². The molecule has 3 rings (SSSR count). The molecule has 0 unspecified atom stereocenters. The highest BCUT2D eigenvalue weighted by Crippen LogP contribution is 2.31. The molecule has 0 aromatic carbocycles. The molecule has 1 amide bonds. The van der Waals surface area contributed by atoms with Crippen LogP contribution < -0.4 is 16.2 Å². The minimum atomic E-state index is -0.391. The lowest BCUT2D eigenvalue weighted by atomic mass is 10.2. The number of aromatic nitrogens is 1. The molecule has 19 heavy (non-hydrogen) atoms. The van der Waals surface area contributed by atoms with Gasteiger partial charge >= 0.3 is 0 Å². The number of rotatable bonds is 2. The molecule has 1 saturated heterocycles. The van der Waals surface area contributed by atoms with Crippen LogP contribution in [-0.4, -0.2) is 24.0 Å². The third kappa shape index (κ3) is 2.41. The normalized spacial score (nSPS) is 16.5. The Morgan fingerprint density at radius 2 is 2.32 bits per heavy atom. The molecule has 5 nitrogen and oxygen atoms in total. The van der Waals surface area contributed by atoms with Gasteiger partial charge in [0.15, 0.2) is 0 Å². The molecule has 3 heterocycles. The second-order valence-electron chi connectivity index (χ2n) is 4.64. The molecule has 2 aromatic rings. The van der Waals surface area contributed by atoms with E-state index in [4.69, 9.17) is 5.73 Å². The molecule has 3 N–H and O–H groups in total. The standard InChI is InChI=1S/C13H16N4OS/c14-12(18)11-8-9-10(4-6-15-13(9)19-11)17-7-3-1-2-5-16-17/h4,6,8,16H,1-3,5,7H2,(H2,14,18). The number of hydrazine groups is 1. The average molecular weight is 276 g/mol. The number of amides is 1. The molecule has 1 aliphatic rings. The summed E-state index contributed by atoms with van der Waals surface area (Å²) in [5.41, 5.74) is 9.85. The number of thiophene rings is 1. The van der Waals surface area contributed by atoms with Crippen molar-refractivity contribution in [1.82, 2.24) is 10.4 Å². The first-order chi connectivity index (χ1) is 9.25. The molecule has 100 valence electrons. The lowest BCUT2D eigenvalue weighted by molar-refractivity contribution is 0.100. The Hall–Kier alpha value is -1.66. The van der Waals surface area contributed by atoms with Gasteiger partial charge in [-0.25, -0.2) is 10.4 Å². The summed E-state index contributed by atoms with van der Waals surface area (Å²) in [5, 5.41) is 3.16. The van der Waals surface area contributed by atoms with Crippen LogP contribution in [0.4, 0.5) is 5.69 Å². The van der Waals surface area contributed by atoms with Crippen molar-refractivity contribution in [3.8, 4) is 0 Å². The van der Waals surface area contributed by atoms with Gasteiger partial charge in [-0.1, -0.05) is 6.42 Å². The Kier molecular flexibility index (Phi) is 3.35. The quantitative estimate of drug-likeness (QED) is 0.878. The summed E-state index contributed by atoms with van der Waals surface area (Å²) < 4.78 is 0. The molecular formula is C13H16N4OS. The van der Waals surface area contributed by atoms with Gasteiger partial charge in [0.25, 0.3) is 5.91 Å². The molecule has 0 radical (unpaired) electrons. The summed E-state index contributed by atoms with van der Waals surface area (Å²) in [5.74, 6) is -0.391. The Labute approximate surface area is 115 Å². The number of carbonyl (C=O) groups is 1. The van der Waals surface area contributed by atoms with E-state index in [1.54, 1.807) is 6.20 Å². The minimum Gasteiger partial charge on any atom is -0.365 e. The topological polar surface area (TPSA) is 71.2 Å². The molecular weight excluding hydrogens is 260 g/mol. The number of pyridine rings is 1. The van der Waals surface area contributed by atoms with E-state index in [0.717, 1.165) is 29.0 Å². The number of nitrogens with one attached hydrogen (secondary N) is 1. The van der Waals surface area contributed by atoms with E-state index in [9.17, 15) is 4.79 Å². The fourth-order valence-corrected chi connectivity index (χ4v) is 3.23. The first kappa shape index (κ1) is 12.4. The van der Waals surface area contributed by atoms with Gasteiger partial charge in [-0.05, 0) is 25.0 Å². The largest absolute Gasteiger partial charge is 0.365 e. The maximum atomic E-state index is 11.3. The van der Waals surface area contributed by atoms with Crippen LogP contribution in [0.25, 0.3) is 10.2 Å². The highest BCUT2D eigenvalue weighted by molar-refractivity contribution is 7.20. The number of nitrogens with zero attached hydrogens (tertiary/aromatic N) is 2. The summed E-state index contributed by atoms with van der Waals surface area (Å²) in [6.07, 6.45) is 5.39. The van der Waals surface area contributed by atoms with Crippen molar-refractivity contribution in [3.05, 3.63) is 23.2 Å². The SMILES string of the molecule is NC(=O)c1cc2c(N3CCCCCN3)ccnc2s1. The van der Waals surface area contributed by atoms with Crippen LogP contribution in [0.15, 0.2) is 18.3 Å². The minimum absolute atomic E-state index is 0.391. The van der Waals surface area contributed by atoms with Crippen molar-refractivity contribution in [1.29, 1.82) is 0 Å². The van der Waals surface area contributed by atoms with Crippen molar-refractivity contribution in [3.63, 3.8) is 0 Å². The number of anilines is 1. The number of nitrogens with two attached hydrogens (primary N) is 1. The highest BCUT2D eigenvalue weighted by Gasteiger charge is 2.16. The Morgan fingerprint density at radius 3 is 3.16 bits per heavy atom. The summed E-state index contributed by atoms with van der Waals surface area (Å²) in [4.78, 5) is 17.0. The summed E-state index contributed by atoms with van der Waals surface area (Å²) >= 11 is 1.35. The predicted molar refractivity (Wildman–Crippen MR) is 77.3 cm³/mol. The third-order valence-electron chi connectivity index (χ3n) is 3.31. The van der Waals surface area contributed by atoms with E-state index in [0.29, 0.717) is 4.88 Å². The predicted octanol–water partition coefficient (Wildman–Crippen LogP) is 1.89. The number of primary amides is 1. The Morgan fingerprint density at radius 1 is 1.42 bits per heavy atom. The van der Waals surface area contributed by atoms with Crippen molar-refractivity contribution in [2.45, 2.75) is 19.3 Å². The van der Waals surface area contributed by atoms with Crippen LogP contribution in [0.5, 0.6) is 0 Å². The average Bonchev–Trinajstić information content (AvgIpc) is 2.67. The first-order valence-corrected chi connectivity index (χ1v) is 7.27. The van der Waals surface area contributed by atoms with Gasteiger partial charge in [0, 0.05) is 24.7 Å². The molecule has 6 heteroatoms. The van der Waals surface area contributed by atoms with Gasteiger partial charge in [0.1, 0.15) is 4.83 Å². The van der Waals surface area contributed by atoms with E-state index in [1.807, 2.05) is 12.1 Å². The summed E-state index contributed by atoms with van der Waals surface area (Å²) in [6, 6.07) is 3.83. The van der Waals surface area contributed by atoms with Crippen LogP contribution in [0.3, 0.4) is 0 Å². The molecule has 0 aliphatic carbocycles. The lowest BCUT2D eigenvalue weighted by Gasteiger charge is -2.23. The van der Waals surface area contributed by atoms with Gasteiger partial charge in [-0.15, -0.1) is 11.3 Å². The number of hydrogen-bond donors (Lipinski definition) is 2. The van der Waals surface area contributed by atoms with Crippen molar-refractivity contribution in [2.75, 3.05) is 18.1 Å². The van der Waals surface area contributed by atoms with E-state index < -0.39 is 5.91 Å². The van der Waals surface area contributed by atoms with Gasteiger partial charge in [-0.3, -0.25) is 4.79 Å². The number of carbonyl (C=O) groups excluding carboxylic acids is 1. The van der Waals surface area contributed by atoms with E-state index in [2.05, 4.69) is 15.4 Å². The zero-order valence-corrected chi connectivity index (χ0v) is 11.4. The third-order valence-corrected chi connectivity index (χ3v) is 4.37. The van der Waals surface area contributed by atoms with E-state index in [1.165, 1.54) is 30.6 Å². The Balaban J connectivity index is 2.04. The smallest absolute Gasteiger partial charge is 0.258 e. The maximum Gasteiger partial charge on any atom is 0.258 e. The molecule has 1 fully saturated rings. The zero-order chi connectivity index (χ0) is 13.2. The second kappa shape index (κ2) is 5.14. The number of hydrogen-bond acceptors (Lipinski definition) is 5. The van der Waals surface area contributed by atoms with Gasteiger partial charge in [0.05, 0.1) is 10.6 Å². The Bertz CT molecular complexity index is 602. The van der Waals surface area contributed by atoms with Gasteiger partial charge < -0.3 is 10.7 Å². The van der Waals surface area contributed by atoms with Crippen LogP contribution >= 0.6 is 11.3 Å². The monoisotopic (exact) mass is 276 g/mol. The molecule has 0 saturated carbocycles. The molecule has 2 aromatic heterocycles. The van der Waals surface area contributed by atoms with Crippen LogP contribution in [0, 0.1) is 0 Å². The molecule has 1 aliphatic heterocycles. The fourth-order valence-electron chi connectivity index (χ4n) is 2.35. The van der Waals surface area contributed by atoms with Crippen LogP contribution in [0.2, 0.25) is 0 Å². The summed E-state index contributed by atoms with van der Waals surface area (Å²) in [6.45, 7) is 1.96.